The zero-order valence-electron chi connectivity index (χ0n) is 14.0. The molecule has 2 N–H and O–H groups in total. The Morgan fingerprint density at radius 3 is 2.42 bits per heavy atom. The van der Waals surface area contributed by atoms with Gasteiger partial charge in [-0.1, -0.05) is 53.0 Å². The number of hydrogen-bond acceptors (Lipinski definition) is 4. The van der Waals surface area contributed by atoms with Crippen LogP contribution in [0.1, 0.15) is 21.6 Å². The topological polar surface area (TPSA) is 66.9 Å². The van der Waals surface area contributed by atoms with Crippen LogP contribution in [0, 0.1) is 6.92 Å². The first-order valence-electron chi connectivity index (χ1n) is 7.89. The van der Waals surface area contributed by atoms with Crippen molar-refractivity contribution in [1.29, 1.82) is 0 Å². The van der Waals surface area contributed by atoms with Gasteiger partial charge in [0.25, 0.3) is 5.91 Å². The van der Waals surface area contributed by atoms with Gasteiger partial charge in [-0.2, -0.15) is 0 Å². The quantitative estimate of drug-likeness (QED) is 0.662. The summed E-state index contributed by atoms with van der Waals surface area (Å²) >= 11 is 11.9. The van der Waals surface area contributed by atoms with Crippen LogP contribution in [0.15, 0.2) is 54.9 Å². The molecule has 0 aliphatic carbocycles. The van der Waals surface area contributed by atoms with Gasteiger partial charge in [0.05, 0.1) is 22.4 Å². The maximum atomic E-state index is 12.2. The lowest BCUT2D eigenvalue weighted by atomic mass is 10.1. The molecular weight excluding hydrogens is 371 g/mol. The van der Waals surface area contributed by atoms with E-state index < -0.39 is 0 Å². The van der Waals surface area contributed by atoms with Crippen LogP contribution in [0.5, 0.6) is 0 Å². The Hall–Kier alpha value is -2.63. The van der Waals surface area contributed by atoms with E-state index in [2.05, 4.69) is 20.6 Å². The summed E-state index contributed by atoms with van der Waals surface area (Å²) in [6.45, 7) is 2.45. The standard InChI is InChI=1S/C19H16Cl2N4O/c1-12-2-4-13(5-3-12)9-24-19(26)17-10-23-18(11-22-17)25-14-6-7-15(20)16(21)8-14/h2-8,10-11H,9H2,1H3,(H,23,25)(H,24,26). The van der Waals surface area contributed by atoms with Gasteiger partial charge in [-0.05, 0) is 30.7 Å². The van der Waals surface area contributed by atoms with Gasteiger partial charge in [0.2, 0.25) is 0 Å². The fourth-order valence-corrected chi connectivity index (χ4v) is 2.51. The van der Waals surface area contributed by atoms with E-state index in [1.807, 2.05) is 31.2 Å². The van der Waals surface area contributed by atoms with Crippen molar-refractivity contribution in [2.75, 3.05) is 5.32 Å². The fourth-order valence-electron chi connectivity index (χ4n) is 2.21. The molecule has 0 spiro atoms. The Bertz CT molecular complexity index is 912. The van der Waals surface area contributed by atoms with Crippen molar-refractivity contribution in [2.24, 2.45) is 0 Å². The minimum absolute atomic E-state index is 0.247. The van der Waals surface area contributed by atoms with Gasteiger partial charge in [-0.3, -0.25) is 4.79 Å². The molecule has 132 valence electrons. The third-order valence-corrected chi connectivity index (χ3v) is 4.39. The first kappa shape index (κ1) is 18.2. The normalized spacial score (nSPS) is 10.4. The zero-order valence-corrected chi connectivity index (χ0v) is 15.5. The number of nitrogens with one attached hydrogen (secondary N) is 2. The highest BCUT2D eigenvalue weighted by Gasteiger charge is 2.08. The number of hydrogen-bond donors (Lipinski definition) is 2. The fraction of sp³-hybridized carbons (Fsp3) is 0.105. The number of aromatic nitrogens is 2. The van der Waals surface area contributed by atoms with Gasteiger partial charge < -0.3 is 10.6 Å². The number of amides is 1. The Kier molecular flexibility index (Phi) is 5.71. The summed E-state index contributed by atoms with van der Waals surface area (Å²) in [7, 11) is 0. The second-order valence-corrected chi connectivity index (χ2v) is 6.52. The van der Waals surface area contributed by atoms with E-state index in [-0.39, 0.29) is 11.6 Å². The molecule has 5 nitrogen and oxygen atoms in total. The van der Waals surface area contributed by atoms with E-state index in [9.17, 15) is 4.79 Å². The number of rotatable bonds is 5. The number of aryl methyl sites for hydroxylation is 1. The maximum Gasteiger partial charge on any atom is 0.271 e. The molecule has 26 heavy (non-hydrogen) atoms. The highest BCUT2D eigenvalue weighted by molar-refractivity contribution is 6.42. The summed E-state index contributed by atoms with van der Waals surface area (Å²) in [6, 6.07) is 13.1. The molecule has 0 fully saturated rings. The van der Waals surface area contributed by atoms with E-state index >= 15 is 0 Å². The minimum Gasteiger partial charge on any atom is -0.347 e. The Morgan fingerprint density at radius 1 is 1.00 bits per heavy atom. The number of carbonyl (C=O) groups excluding carboxylic acids is 1. The molecule has 0 saturated carbocycles. The summed E-state index contributed by atoms with van der Waals surface area (Å²) < 4.78 is 0. The van der Waals surface area contributed by atoms with Crippen LogP contribution in [-0.4, -0.2) is 15.9 Å². The molecule has 1 amide bonds. The molecule has 3 aromatic rings. The first-order chi connectivity index (χ1) is 12.5. The molecule has 1 aromatic heterocycles. The summed E-state index contributed by atoms with van der Waals surface area (Å²) in [5, 5.41) is 6.79. The molecule has 0 bridgehead atoms. The van der Waals surface area contributed by atoms with Gasteiger partial charge in [-0.15, -0.1) is 0 Å². The van der Waals surface area contributed by atoms with Crippen molar-refractivity contribution >= 4 is 40.6 Å². The molecule has 0 saturated heterocycles. The van der Waals surface area contributed by atoms with Crippen molar-refractivity contribution in [3.63, 3.8) is 0 Å². The average Bonchev–Trinajstić information content (AvgIpc) is 2.65. The Morgan fingerprint density at radius 2 is 1.77 bits per heavy atom. The van der Waals surface area contributed by atoms with Crippen molar-refractivity contribution in [3.05, 3.63) is 81.7 Å². The lowest BCUT2D eigenvalue weighted by Crippen LogP contribution is -2.24. The van der Waals surface area contributed by atoms with Gasteiger partial charge >= 0.3 is 0 Å². The molecule has 2 aromatic carbocycles. The molecule has 0 unspecified atom stereocenters. The number of nitrogens with zero attached hydrogens (tertiary/aromatic N) is 2. The van der Waals surface area contributed by atoms with Crippen LogP contribution in [0.25, 0.3) is 0 Å². The van der Waals surface area contributed by atoms with Crippen LogP contribution in [0.2, 0.25) is 10.0 Å². The van der Waals surface area contributed by atoms with Crippen LogP contribution in [-0.2, 0) is 6.54 Å². The van der Waals surface area contributed by atoms with Crippen molar-refractivity contribution in [2.45, 2.75) is 13.5 Å². The second-order valence-electron chi connectivity index (χ2n) is 5.71. The van der Waals surface area contributed by atoms with E-state index in [0.717, 1.165) is 11.3 Å². The third kappa shape index (κ3) is 4.71. The van der Waals surface area contributed by atoms with Crippen LogP contribution in [0.4, 0.5) is 11.5 Å². The number of carbonyl (C=O) groups is 1. The van der Waals surface area contributed by atoms with Crippen molar-refractivity contribution in [1.82, 2.24) is 15.3 Å². The lowest BCUT2D eigenvalue weighted by Gasteiger charge is -2.08. The molecule has 0 radical (unpaired) electrons. The summed E-state index contributed by atoms with van der Waals surface area (Å²) in [5.74, 6) is 0.220. The number of halogens is 2. The summed E-state index contributed by atoms with van der Waals surface area (Å²) in [4.78, 5) is 20.5. The highest BCUT2D eigenvalue weighted by Crippen LogP contribution is 2.26. The lowest BCUT2D eigenvalue weighted by molar-refractivity contribution is 0.0945. The second kappa shape index (κ2) is 8.17. The predicted octanol–water partition coefficient (Wildman–Crippen LogP) is 4.77. The van der Waals surface area contributed by atoms with Gasteiger partial charge in [0.15, 0.2) is 0 Å². The van der Waals surface area contributed by atoms with Crippen molar-refractivity contribution in [3.8, 4) is 0 Å². The Balaban J connectivity index is 1.60. The molecule has 0 atom stereocenters. The average molecular weight is 387 g/mol. The SMILES string of the molecule is Cc1ccc(CNC(=O)c2cnc(Nc3ccc(Cl)c(Cl)c3)cn2)cc1. The molecule has 1 heterocycles. The van der Waals surface area contributed by atoms with E-state index in [1.54, 1.807) is 18.2 Å². The molecule has 0 aliphatic rings. The number of benzene rings is 2. The Labute approximate surface area is 161 Å². The smallest absolute Gasteiger partial charge is 0.271 e. The molecule has 0 aliphatic heterocycles. The highest BCUT2D eigenvalue weighted by atomic mass is 35.5. The largest absolute Gasteiger partial charge is 0.347 e. The third-order valence-electron chi connectivity index (χ3n) is 3.65. The molecule has 3 rings (SSSR count). The molecular formula is C19H16Cl2N4O. The summed E-state index contributed by atoms with van der Waals surface area (Å²) in [6.07, 6.45) is 2.91. The summed E-state index contributed by atoms with van der Waals surface area (Å²) in [5.41, 5.74) is 3.17. The zero-order chi connectivity index (χ0) is 18.5. The van der Waals surface area contributed by atoms with E-state index in [4.69, 9.17) is 23.2 Å². The van der Waals surface area contributed by atoms with Gasteiger partial charge in [0, 0.05) is 12.2 Å². The van der Waals surface area contributed by atoms with E-state index in [1.165, 1.54) is 18.0 Å². The van der Waals surface area contributed by atoms with E-state index in [0.29, 0.717) is 22.4 Å². The number of anilines is 2. The maximum absolute atomic E-state index is 12.2. The van der Waals surface area contributed by atoms with Crippen molar-refractivity contribution < 1.29 is 4.79 Å². The van der Waals surface area contributed by atoms with Gasteiger partial charge in [0.1, 0.15) is 11.5 Å². The first-order valence-corrected chi connectivity index (χ1v) is 8.65. The van der Waals surface area contributed by atoms with Crippen LogP contribution < -0.4 is 10.6 Å². The predicted molar refractivity (Wildman–Crippen MR) is 104 cm³/mol. The van der Waals surface area contributed by atoms with Crippen LogP contribution in [0.3, 0.4) is 0 Å². The molecule has 7 heteroatoms. The monoisotopic (exact) mass is 386 g/mol. The van der Waals surface area contributed by atoms with Crippen LogP contribution >= 0.6 is 23.2 Å². The van der Waals surface area contributed by atoms with Gasteiger partial charge in [-0.25, -0.2) is 9.97 Å². The minimum atomic E-state index is -0.279.